The van der Waals surface area contributed by atoms with Gasteiger partial charge in [-0.2, -0.15) is 0 Å². The maximum atomic E-state index is 6.04. The molecule has 2 aromatic heterocycles. The van der Waals surface area contributed by atoms with Gasteiger partial charge in [-0.25, -0.2) is 4.98 Å². The summed E-state index contributed by atoms with van der Waals surface area (Å²) >= 11 is 0. The summed E-state index contributed by atoms with van der Waals surface area (Å²) in [5, 5.41) is 0. The number of likely N-dealkylation sites (tertiary alicyclic amines) is 1. The van der Waals surface area contributed by atoms with Crippen LogP contribution in [-0.4, -0.2) is 47.3 Å². The van der Waals surface area contributed by atoms with Gasteiger partial charge in [0.15, 0.2) is 0 Å². The van der Waals surface area contributed by atoms with Crippen molar-refractivity contribution in [1.29, 1.82) is 0 Å². The molecule has 25 heavy (non-hydrogen) atoms. The van der Waals surface area contributed by atoms with Crippen LogP contribution in [0, 0.1) is 5.41 Å². The van der Waals surface area contributed by atoms with E-state index in [9.17, 15) is 0 Å². The van der Waals surface area contributed by atoms with E-state index in [1.54, 1.807) is 6.20 Å². The van der Waals surface area contributed by atoms with Gasteiger partial charge in [0.05, 0.1) is 18.4 Å². The Hall–Kier alpha value is -1.98. The van der Waals surface area contributed by atoms with E-state index in [2.05, 4.69) is 27.0 Å². The minimum Gasteiger partial charge on any atom is -0.475 e. The van der Waals surface area contributed by atoms with Crippen LogP contribution < -0.4 is 4.74 Å². The summed E-state index contributed by atoms with van der Waals surface area (Å²) in [6.45, 7) is 4.64. The molecule has 0 radical (unpaired) electrons. The first-order valence-electron chi connectivity index (χ1n) is 9.09. The van der Waals surface area contributed by atoms with Crippen LogP contribution in [0.2, 0.25) is 0 Å². The molecule has 5 nitrogen and oxygen atoms in total. The molecule has 1 unspecified atom stereocenters. The van der Waals surface area contributed by atoms with Gasteiger partial charge in [0, 0.05) is 25.0 Å². The lowest BCUT2D eigenvalue weighted by Crippen LogP contribution is -2.40. The Morgan fingerprint density at radius 3 is 2.60 bits per heavy atom. The van der Waals surface area contributed by atoms with Gasteiger partial charge in [-0.05, 0) is 56.0 Å². The molecule has 0 aliphatic carbocycles. The van der Waals surface area contributed by atoms with Crippen molar-refractivity contribution < 1.29 is 9.47 Å². The quantitative estimate of drug-likeness (QED) is 0.838. The monoisotopic (exact) mass is 339 g/mol. The SMILES string of the molecule is c1ccc(CN2CCC3(CC2)COC(COc2ccccn2)C3)nc1. The Labute approximate surface area is 149 Å². The molecule has 1 atom stereocenters. The van der Waals surface area contributed by atoms with Crippen LogP contribution in [0.25, 0.3) is 0 Å². The Morgan fingerprint density at radius 2 is 1.88 bits per heavy atom. The van der Waals surface area contributed by atoms with E-state index in [-0.39, 0.29) is 6.10 Å². The van der Waals surface area contributed by atoms with Crippen LogP contribution >= 0.6 is 0 Å². The van der Waals surface area contributed by atoms with Gasteiger partial charge in [-0.15, -0.1) is 0 Å². The molecule has 2 aliphatic rings. The first-order valence-corrected chi connectivity index (χ1v) is 9.09. The van der Waals surface area contributed by atoms with E-state index < -0.39 is 0 Å². The zero-order chi connectivity index (χ0) is 17.0. The van der Waals surface area contributed by atoms with Crippen molar-refractivity contribution in [3.63, 3.8) is 0 Å². The third kappa shape index (κ3) is 4.17. The van der Waals surface area contributed by atoms with Crippen molar-refractivity contribution in [3.05, 3.63) is 54.5 Å². The first-order chi connectivity index (χ1) is 12.3. The molecule has 0 saturated carbocycles. The molecule has 0 aromatic carbocycles. The molecular weight excluding hydrogens is 314 g/mol. The molecule has 132 valence electrons. The number of ether oxygens (including phenoxy) is 2. The topological polar surface area (TPSA) is 47.5 Å². The molecule has 0 N–H and O–H groups in total. The summed E-state index contributed by atoms with van der Waals surface area (Å²) in [4.78, 5) is 11.1. The van der Waals surface area contributed by atoms with Crippen LogP contribution in [0.15, 0.2) is 48.8 Å². The molecule has 0 bridgehead atoms. The lowest BCUT2D eigenvalue weighted by molar-refractivity contribution is 0.0461. The minimum atomic E-state index is 0.185. The normalized spacial score (nSPS) is 23.0. The van der Waals surface area contributed by atoms with E-state index in [1.165, 1.54) is 12.8 Å². The van der Waals surface area contributed by atoms with Crippen molar-refractivity contribution in [1.82, 2.24) is 14.9 Å². The van der Waals surface area contributed by atoms with Crippen molar-refractivity contribution in [2.45, 2.75) is 31.9 Å². The Kier molecular flexibility index (Phi) is 4.95. The predicted molar refractivity (Wildman–Crippen MR) is 95.3 cm³/mol. The highest BCUT2D eigenvalue weighted by molar-refractivity contribution is 5.09. The van der Waals surface area contributed by atoms with Gasteiger partial charge in [0.2, 0.25) is 5.88 Å². The number of rotatable bonds is 5. The van der Waals surface area contributed by atoms with Gasteiger partial charge < -0.3 is 9.47 Å². The number of hydrogen-bond donors (Lipinski definition) is 0. The molecule has 2 aliphatic heterocycles. The Balaban J connectivity index is 1.24. The zero-order valence-electron chi connectivity index (χ0n) is 14.5. The molecule has 5 heteroatoms. The van der Waals surface area contributed by atoms with Crippen LogP contribution in [0.5, 0.6) is 5.88 Å². The average Bonchev–Trinajstić information content (AvgIpc) is 3.07. The Morgan fingerprint density at radius 1 is 1.08 bits per heavy atom. The van der Waals surface area contributed by atoms with Crippen LogP contribution in [0.1, 0.15) is 25.0 Å². The lowest BCUT2D eigenvalue weighted by Gasteiger charge is -2.38. The molecule has 4 rings (SSSR count). The third-order valence-electron chi connectivity index (χ3n) is 5.37. The summed E-state index contributed by atoms with van der Waals surface area (Å²) in [6, 6.07) is 11.9. The van der Waals surface area contributed by atoms with E-state index in [1.807, 2.05) is 30.5 Å². The summed E-state index contributed by atoms with van der Waals surface area (Å²) in [7, 11) is 0. The number of nitrogens with zero attached hydrogens (tertiary/aromatic N) is 3. The van der Waals surface area contributed by atoms with Crippen LogP contribution in [0.3, 0.4) is 0 Å². The van der Waals surface area contributed by atoms with E-state index >= 15 is 0 Å². The highest BCUT2D eigenvalue weighted by Gasteiger charge is 2.42. The third-order valence-corrected chi connectivity index (χ3v) is 5.37. The second kappa shape index (κ2) is 7.50. The van der Waals surface area contributed by atoms with Gasteiger partial charge in [-0.3, -0.25) is 9.88 Å². The van der Waals surface area contributed by atoms with Gasteiger partial charge in [0.25, 0.3) is 0 Å². The lowest BCUT2D eigenvalue weighted by atomic mass is 9.76. The summed E-state index contributed by atoms with van der Waals surface area (Å²) in [5.74, 6) is 0.678. The maximum absolute atomic E-state index is 6.04. The summed E-state index contributed by atoms with van der Waals surface area (Å²) < 4.78 is 11.8. The van der Waals surface area contributed by atoms with Crippen molar-refractivity contribution in [2.75, 3.05) is 26.3 Å². The van der Waals surface area contributed by atoms with Crippen molar-refractivity contribution in [3.8, 4) is 5.88 Å². The molecule has 2 saturated heterocycles. The molecule has 2 aromatic rings. The fraction of sp³-hybridized carbons (Fsp3) is 0.500. The number of hydrogen-bond acceptors (Lipinski definition) is 5. The summed E-state index contributed by atoms with van der Waals surface area (Å²) in [5.41, 5.74) is 1.49. The van der Waals surface area contributed by atoms with Crippen LogP contribution in [0.4, 0.5) is 0 Å². The fourth-order valence-corrected chi connectivity index (χ4v) is 3.87. The number of pyridine rings is 2. The van der Waals surface area contributed by atoms with E-state index in [4.69, 9.17) is 9.47 Å². The van der Waals surface area contributed by atoms with Crippen molar-refractivity contribution in [2.24, 2.45) is 5.41 Å². The highest BCUT2D eigenvalue weighted by atomic mass is 16.5. The molecule has 1 spiro atoms. The largest absolute Gasteiger partial charge is 0.475 e. The maximum Gasteiger partial charge on any atom is 0.213 e. The molecule has 2 fully saturated rings. The van der Waals surface area contributed by atoms with Gasteiger partial charge >= 0.3 is 0 Å². The molecule has 0 amide bonds. The average molecular weight is 339 g/mol. The second-order valence-electron chi connectivity index (χ2n) is 7.21. The standard InChI is InChI=1S/C20H25N3O2/c1-3-9-21-17(5-1)14-23-11-7-20(8-12-23)13-18(25-16-20)15-24-19-6-2-4-10-22-19/h1-6,9-10,18H,7-8,11-16H2. The van der Waals surface area contributed by atoms with Crippen LogP contribution in [-0.2, 0) is 11.3 Å². The predicted octanol–water partition coefficient (Wildman–Crippen LogP) is 2.93. The smallest absolute Gasteiger partial charge is 0.213 e. The van der Waals surface area contributed by atoms with E-state index in [0.717, 1.165) is 38.4 Å². The zero-order valence-corrected chi connectivity index (χ0v) is 14.5. The Bertz CT molecular complexity index is 657. The van der Waals surface area contributed by atoms with Gasteiger partial charge in [-0.1, -0.05) is 12.1 Å². The summed E-state index contributed by atoms with van der Waals surface area (Å²) in [6.07, 6.45) is 7.29. The number of piperidine rings is 1. The van der Waals surface area contributed by atoms with Crippen molar-refractivity contribution >= 4 is 0 Å². The highest BCUT2D eigenvalue weighted by Crippen LogP contribution is 2.42. The first kappa shape index (κ1) is 16.5. The molecular formula is C20H25N3O2. The van der Waals surface area contributed by atoms with Gasteiger partial charge in [0.1, 0.15) is 6.61 Å². The fourth-order valence-electron chi connectivity index (χ4n) is 3.87. The second-order valence-corrected chi connectivity index (χ2v) is 7.21. The number of aromatic nitrogens is 2. The molecule has 4 heterocycles. The minimum absolute atomic E-state index is 0.185. The van der Waals surface area contributed by atoms with E-state index in [0.29, 0.717) is 17.9 Å².